The first kappa shape index (κ1) is 13.4. The highest BCUT2D eigenvalue weighted by atomic mass is 19.4. The van der Waals surface area contributed by atoms with Gasteiger partial charge < -0.3 is 15.3 Å². The summed E-state index contributed by atoms with van der Waals surface area (Å²) in [7, 11) is 0. The number of carbonyl (C=O) groups is 1. The topological polar surface area (TPSA) is 90.7 Å². The molecule has 94 valence electrons. The van der Waals surface area contributed by atoms with Crippen molar-refractivity contribution in [2.45, 2.75) is 18.4 Å². The maximum atomic E-state index is 12.3. The molecule has 0 saturated heterocycles. The number of aliphatic carboxylic acids is 1. The van der Waals surface area contributed by atoms with Gasteiger partial charge in [-0.25, -0.2) is 4.79 Å². The molecule has 0 spiro atoms. The number of aliphatic hydroxyl groups excluding tert-OH is 2. The molecule has 0 aromatic carbocycles. The molecule has 3 N–H and O–H groups in total. The highest BCUT2D eigenvalue weighted by Gasteiger charge is 2.33. The molecule has 5 nitrogen and oxygen atoms in total. The molecule has 0 amide bonds. The monoisotopic (exact) mass is 251 g/mol. The number of hydrogen-bond donors (Lipinski definition) is 3. The normalized spacial score (nSPS) is 15.4. The van der Waals surface area contributed by atoms with Crippen LogP contribution in [0.2, 0.25) is 0 Å². The maximum Gasteiger partial charge on any atom is 0.417 e. The van der Waals surface area contributed by atoms with E-state index in [1.54, 1.807) is 0 Å². The van der Waals surface area contributed by atoms with Crippen molar-refractivity contribution in [1.82, 2.24) is 4.98 Å². The largest absolute Gasteiger partial charge is 0.479 e. The van der Waals surface area contributed by atoms with Crippen LogP contribution in [0.25, 0.3) is 0 Å². The Balaban J connectivity index is 3.04. The summed E-state index contributed by atoms with van der Waals surface area (Å²) in [5, 5.41) is 26.7. The molecule has 1 aromatic rings. The average Bonchev–Trinajstić information content (AvgIpc) is 2.26. The second kappa shape index (κ2) is 4.68. The Morgan fingerprint density at radius 2 is 1.88 bits per heavy atom. The van der Waals surface area contributed by atoms with Crippen LogP contribution < -0.4 is 0 Å². The SMILES string of the molecule is O=C(O)C(O)C(O)c1cncc(C(F)(F)F)c1. The molecule has 0 radical (unpaired) electrons. The van der Waals surface area contributed by atoms with Crippen LogP contribution in [0.4, 0.5) is 13.2 Å². The molecule has 2 atom stereocenters. The number of aliphatic hydroxyl groups is 2. The van der Waals surface area contributed by atoms with Crippen LogP contribution in [0.15, 0.2) is 18.5 Å². The summed E-state index contributed by atoms with van der Waals surface area (Å²) in [5.41, 5.74) is -1.55. The van der Waals surface area contributed by atoms with Crippen molar-refractivity contribution in [3.8, 4) is 0 Å². The van der Waals surface area contributed by atoms with E-state index < -0.39 is 35.5 Å². The van der Waals surface area contributed by atoms with Crippen LogP contribution in [0.1, 0.15) is 17.2 Å². The molecule has 0 fully saturated rings. The summed E-state index contributed by atoms with van der Waals surface area (Å²) in [6.45, 7) is 0. The Morgan fingerprint density at radius 3 is 2.35 bits per heavy atom. The van der Waals surface area contributed by atoms with Crippen molar-refractivity contribution in [3.05, 3.63) is 29.6 Å². The van der Waals surface area contributed by atoms with E-state index in [1.807, 2.05) is 0 Å². The third-order valence-corrected chi connectivity index (χ3v) is 1.98. The van der Waals surface area contributed by atoms with Gasteiger partial charge in [0.1, 0.15) is 6.10 Å². The van der Waals surface area contributed by atoms with E-state index in [4.69, 9.17) is 10.2 Å². The van der Waals surface area contributed by atoms with Crippen LogP contribution >= 0.6 is 0 Å². The first-order valence-electron chi connectivity index (χ1n) is 4.34. The van der Waals surface area contributed by atoms with E-state index in [9.17, 15) is 23.1 Å². The van der Waals surface area contributed by atoms with Gasteiger partial charge in [-0.3, -0.25) is 4.98 Å². The minimum absolute atomic E-state index is 0.422. The number of aromatic nitrogens is 1. The van der Waals surface area contributed by atoms with Gasteiger partial charge in [0.05, 0.1) is 5.56 Å². The minimum atomic E-state index is -4.66. The average molecular weight is 251 g/mol. The van der Waals surface area contributed by atoms with E-state index in [0.717, 1.165) is 6.20 Å². The van der Waals surface area contributed by atoms with E-state index in [-0.39, 0.29) is 0 Å². The fraction of sp³-hybridized carbons (Fsp3) is 0.333. The van der Waals surface area contributed by atoms with Crippen molar-refractivity contribution >= 4 is 5.97 Å². The van der Waals surface area contributed by atoms with Gasteiger partial charge in [-0.05, 0) is 6.07 Å². The van der Waals surface area contributed by atoms with E-state index in [0.29, 0.717) is 12.3 Å². The van der Waals surface area contributed by atoms with E-state index in [1.165, 1.54) is 0 Å². The zero-order valence-electron chi connectivity index (χ0n) is 8.22. The van der Waals surface area contributed by atoms with E-state index in [2.05, 4.69) is 4.98 Å². The third-order valence-electron chi connectivity index (χ3n) is 1.98. The van der Waals surface area contributed by atoms with Crippen LogP contribution in [0.5, 0.6) is 0 Å². The molecule has 8 heteroatoms. The zero-order chi connectivity index (χ0) is 13.2. The van der Waals surface area contributed by atoms with E-state index >= 15 is 0 Å². The van der Waals surface area contributed by atoms with Gasteiger partial charge in [0.2, 0.25) is 0 Å². The fourth-order valence-corrected chi connectivity index (χ4v) is 1.09. The van der Waals surface area contributed by atoms with Crippen molar-refractivity contribution in [3.63, 3.8) is 0 Å². The summed E-state index contributed by atoms with van der Waals surface area (Å²) in [5.74, 6) is -1.74. The number of carboxylic acid groups (broad SMARTS) is 1. The molecule has 0 aliphatic heterocycles. The van der Waals surface area contributed by atoms with Crippen LogP contribution in [0.3, 0.4) is 0 Å². The molecule has 0 bridgehead atoms. The number of halogens is 3. The lowest BCUT2D eigenvalue weighted by molar-refractivity contribution is -0.153. The van der Waals surface area contributed by atoms with Gasteiger partial charge in [-0.15, -0.1) is 0 Å². The van der Waals surface area contributed by atoms with Gasteiger partial charge >= 0.3 is 12.1 Å². The van der Waals surface area contributed by atoms with Crippen molar-refractivity contribution in [2.75, 3.05) is 0 Å². The molecule has 0 aliphatic rings. The molecule has 1 aromatic heterocycles. The lowest BCUT2D eigenvalue weighted by atomic mass is 10.0. The Hall–Kier alpha value is -1.67. The Labute approximate surface area is 93.2 Å². The second-order valence-corrected chi connectivity index (χ2v) is 3.23. The summed E-state index contributed by atoms with van der Waals surface area (Å²) in [6.07, 6.45) is -7.45. The molecular weight excluding hydrogens is 243 g/mol. The second-order valence-electron chi connectivity index (χ2n) is 3.23. The lowest BCUT2D eigenvalue weighted by Gasteiger charge is -2.15. The maximum absolute atomic E-state index is 12.3. The highest BCUT2D eigenvalue weighted by Crippen LogP contribution is 2.30. The number of nitrogens with zero attached hydrogens (tertiary/aromatic N) is 1. The molecule has 1 rings (SSSR count). The van der Waals surface area contributed by atoms with Gasteiger partial charge in [-0.1, -0.05) is 0 Å². The summed E-state index contributed by atoms with van der Waals surface area (Å²) >= 11 is 0. The zero-order valence-corrected chi connectivity index (χ0v) is 8.22. The van der Waals surface area contributed by atoms with Gasteiger partial charge in [-0.2, -0.15) is 13.2 Å². The highest BCUT2D eigenvalue weighted by molar-refractivity contribution is 5.73. The van der Waals surface area contributed by atoms with Gasteiger partial charge in [0.15, 0.2) is 6.10 Å². The molecule has 0 saturated carbocycles. The quantitative estimate of drug-likeness (QED) is 0.731. The smallest absolute Gasteiger partial charge is 0.417 e. The number of pyridine rings is 1. The molecular formula is C9H8F3NO4. The summed E-state index contributed by atoms with van der Waals surface area (Å²) in [6, 6.07) is 0.532. The van der Waals surface area contributed by atoms with Gasteiger partial charge in [0.25, 0.3) is 0 Å². The van der Waals surface area contributed by atoms with Gasteiger partial charge in [0, 0.05) is 18.0 Å². The first-order chi connectivity index (χ1) is 7.73. The van der Waals surface area contributed by atoms with Crippen molar-refractivity contribution in [1.29, 1.82) is 0 Å². The standard InChI is InChI=1S/C9H8F3NO4/c10-9(11,12)5-1-4(2-13-3-5)6(14)7(15)8(16)17/h1-3,6-7,14-15H,(H,16,17). The molecule has 1 heterocycles. The minimum Gasteiger partial charge on any atom is -0.479 e. The Morgan fingerprint density at radius 1 is 1.29 bits per heavy atom. The van der Waals surface area contributed by atoms with Crippen LogP contribution in [-0.2, 0) is 11.0 Å². The Bertz CT molecular complexity index is 421. The Kier molecular flexibility index (Phi) is 3.69. The predicted molar refractivity (Wildman–Crippen MR) is 47.8 cm³/mol. The molecule has 2 unspecified atom stereocenters. The van der Waals surface area contributed by atoms with Crippen molar-refractivity contribution < 1.29 is 33.3 Å². The number of hydrogen-bond acceptors (Lipinski definition) is 4. The predicted octanol–water partition coefficient (Wildman–Crippen LogP) is 0.579. The lowest BCUT2D eigenvalue weighted by Crippen LogP contribution is -2.27. The third kappa shape index (κ3) is 3.14. The number of alkyl halides is 3. The summed E-state index contributed by atoms with van der Waals surface area (Å²) in [4.78, 5) is 13.6. The summed E-state index contributed by atoms with van der Waals surface area (Å²) < 4.78 is 36.9. The molecule has 0 aliphatic carbocycles. The molecule has 17 heavy (non-hydrogen) atoms. The fourth-order valence-electron chi connectivity index (χ4n) is 1.09. The number of carboxylic acids is 1. The van der Waals surface area contributed by atoms with Crippen molar-refractivity contribution in [2.24, 2.45) is 0 Å². The van der Waals surface area contributed by atoms with Crippen LogP contribution in [-0.4, -0.2) is 32.4 Å². The first-order valence-corrected chi connectivity index (χ1v) is 4.34. The number of rotatable bonds is 3. The van der Waals surface area contributed by atoms with Crippen LogP contribution in [0, 0.1) is 0 Å².